The molecular weight excluding hydrogens is 314 g/mol. The van der Waals surface area contributed by atoms with Crippen LogP contribution in [0, 0.1) is 5.92 Å². The smallest absolute Gasteiger partial charge is 0.250 e. The van der Waals surface area contributed by atoms with Gasteiger partial charge in [-0.3, -0.25) is 4.79 Å². The van der Waals surface area contributed by atoms with Crippen LogP contribution in [-0.4, -0.2) is 43.6 Å². The van der Waals surface area contributed by atoms with Crippen LogP contribution in [-0.2, 0) is 0 Å². The van der Waals surface area contributed by atoms with E-state index in [9.17, 15) is 4.79 Å². The van der Waals surface area contributed by atoms with Crippen molar-refractivity contribution in [3.63, 3.8) is 0 Å². The van der Waals surface area contributed by atoms with Gasteiger partial charge in [0.2, 0.25) is 0 Å². The summed E-state index contributed by atoms with van der Waals surface area (Å²) in [6.07, 6.45) is 6.14. The predicted molar refractivity (Wildman–Crippen MR) is 103 cm³/mol. The van der Waals surface area contributed by atoms with E-state index in [1.165, 1.54) is 25.7 Å². The van der Waals surface area contributed by atoms with Crippen molar-refractivity contribution >= 4 is 11.6 Å². The average molecular weight is 348 g/mol. The summed E-state index contributed by atoms with van der Waals surface area (Å²) in [5, 5.41) is 3.40. The summed E-state index contributed by atoms with van der Waals surface area (Å²) in [5.74, 6) is 0.999. The van der Waals surface area contributed by atoms with E-state index in [1.807, 2.05) is 12.1 Å². The first-order chi connectivity index (χ1) is 12.1. The Morgan fingerprint density at radius 1 is 1.28 bits per heavy atom. The highest BCUT2D eigenvalue weighted by atomic mass is 16.5. The molecule has 1 aliphatic carbocycles. The summed E-state index contributed by atoms with van der Waals surface area (Å²) in [6, 6.07) is 5.59. The van der Waals surface area contributed by atoms with Crippen molar-refractivity contribution in [1.29, 1.82) is 0 Å². The van der Waals surface area contributed by atoms with Crippen molar-refractivity contribution in [3.05, 3.63) is 23.8 Å². The lowest BCUT2D eigenvalue weighted by Gasteiger charge is -2.18. The van der Waals surface area contributed by atoms with Crippen molar-refractivity contribution in [2.24, 2.45) is 11.7 Å². The predicted octanol–water partition coefficient (Wildman–Crippen LogP) is 3.50. The molecule has 140 valence electrons. The second kappa shape index (κ2) is 10.3. The number of primary amides is 1. The average Bonchev–Trinajstić information content (AvgIpc) is 3.14. The largest absolute Gasteiger partial charge is 0.494 e. The number of carbonyl (C=O) groups is 1. The van der Waals surface area contributed by atoms with Gasteiger partial charge in [0.25, 0.3) is 5.91 Å². The summed E-state index contributed by atoms with van der Waals surface area (Å²) >= 11 is 0. The lowest BCUT2D eigenvalue weighted by atomic mass is 10.1. The molecule has 0 atom stereocenters. The number of hydrogen-bond acceptors (Lipinski definition) is 4. The molecule has 0 radical (unpaired) electrons. The molecule has 5 nitrogen and oxygen atoms in total. The first-order valence-corrected chi connectivity index (χ1v) is 9.66. The van der Waals surface area contributed by atoms with Gasteiger partial charge < -0.3 is 20.7 Å². The van der Waals surface area contributed by atoms with Crippen molar-refractivity contribution in [3.8, 4) is 5.75 Å². The Labute approximate surface area is 151 Å². The Hall–Kier alpha value is -1.75. The quantitative estimate of drug-likeness (QED) is 0.601. The number of hydrogen-bond donors (Lipinski definition) is 2. The fraction of sp³-hybridized carbons (Fsp3) is 0.650. The number of nitrogens with two attached hydrogens (primary N) is 1. The van der Waals surface area contributed by atoms with Crippen LogP contribution in [0.5, 0.6) is 5.75 Å². The van der Waals surface area contributed by atoms with Gasteiger partial charge in [0, 0.05) is 18.8 Å². The van der Waals surface area contributed by atoms with Gasteiger partial charge in [0.05, 0.1) is 12.2 Å². The van der Waals surface area contributed by atoms with E-state index in [2.05, 4.69) is 24.1 Å². The number of amides is 1. The number of ether oxygens (including phenoxy) is 1. The van der Waals surface area contributed by atoms with Crippen LogP contribution in [0.3, 0.4) is 0 Å². The Balaban J connectivity index is 1.87. The van der Waals surface area contributed by atoms with Gasteiger partial charge in [-0.2, -0.15) is 0 Å². The van der Waals surface area contributed by atoms with Crippen LogP contribution in [0.25, 0.3) is 0 Å². The highest BCUT2D eigenvalue weighted by molar-refractivity contribution is 5.98. The molecule has 0 aliphatic heterocycles. The van der Waals surface area contributed by atoms with Gasteiger partial charge >= 0.3 is 0 Å². The van der Waals surface area contributed by atoms with Gasteiger partial charge in [-0.05, 0) is 56.5 Å². The van der Waals surface area contributed by atoms with Crippen LogP contribution in [0.4, 0.5) is 5.69 Å². The highest BCUT2D eigenvalue weighted by Gasteiger charge is 2.16. The summed E-state index contributed by atoms with van der Waals surface area (Å²) in [5.41, 5.74) is 6.88. The first-order valence-electron chi connectivity index (χ1n) is 9.66. The number of anilines is 1. The molecule has 1 amide bonds. The zero-order valence-electron chi connectivity index (χ0n) is 15.7. The van der Waals surface area contributed by atoms with Crippen molar-refractivity contribution in [2.75, 3.05) is 38.1 Å². The topological polar surface area (TPSA) is 67.6 Å². The number of benzene rings is 1. The lowest BCUT2D eigenvalue weighted by molar-refractivity contribution is 0.100. The standard InChI is InChI=1S/C20H33N3O2/c1-3-23(4-2)12-7-13-25-17-10-11-19(18(14-17)20(21)24)22-15-16-8-5-6-9-16/h10-11,14,16,22H,3-9,12-13,15H2,1-2H3,(H2,21,24). The Bertz CT molecular complexity index is 538. The molecule has 0 bridgehead atoms. The Kier molecular flexibility index (Phi) is 8.06. The number of nitrogens with zero attached hydrogens (tertiary/aromatic N) is 1. The molecule has 1 aromatic rings. The van der Waals surface area contributed by atoms with Gasteiger partial charge in [-0.25, -0.2) is 0 Å². The molecule has 3 N–H and O–H groups in total. The number of carbonyl (C=O) groups excluding carboxylic acids is 1. The SMILES string of the molecule is CCN(CC)CCCOc1ccc(NCC2CCCC2)c(C(N)=O)c1. The minimum absolute atomic E-state index is 0.414. The van der Waals surface area contributed by atoms with E-state index in [-0.39, 0.29) is 0 Å². The van der Waals surface area contributed by atoms with E-state index < -0.39 is 5.91 Å². The zero-order chi connectivity index (χ0) is 18.1. The molecule has 25 heavy (non-hydrogen) atoms. The van der Waals surface area contributed by atoms with E-state index >= 15 is 0 Å². The van der Waals surface area contributed by atoms with Crippen LogP contribution in [0.15, 0.2) is 18.2 Å². The Morgan fingerprint density at radius 3 is 2.64 bits per heavy atom. The molecule has 5 heteroatoms. The molecule has 0 saturated heterocycles. The third kappa shape index (κ3) is 6.24. The molecule has 1 aromatic carbocycles. The number of rotatable bonds is 11. The summed E-state index contributed by atoms with van der Waals surface area (Å²) in [6.45, 7) is 9.03. The molecule has 1 aliphatic rings. The maximum Gasteiger partial charge on any atom is 0.250 e. The van der Waals surface area contributed by atoms with Gasteiger partial charge in [0.15, 0.2) is 0 Å². The van der Waals surface area contributed by atoms with Crippen LogP contribution in [0.1, 0.15) is 56.3 Å². The molecule has 0 unspecified atom stereocenters. The minimum Gasteiger partial charge on any atom is -0.494 e. The van der Waals surface area contributed by atoms with Crippen molar-refractivity contribution < 1.29 is 9.53 Å². The van der Waals surface area contributed by atoms with Crippen LogP contribution in [0.2, 0.25) is 0 Å². The monoisotopic (exact) mass is 347 g/mol. The third-order valence-corrected chi connectivity index (χ3v) is 5.09. The van der Waals surface area contributed by atoms with Crippen LogP contribution < -0.4 is 15.8 Å². The molecule has 0 aromatic heterocycles. The maximum absolute atomic E-state index is 11.8. The molecule has 0 heterocycles. The second-order valence-corrected chi connectivity index (χ2v) is 6.83. The van der Waals surface area contributed by atoms with E-state index in [4.69, 9.17) is 10.5 Å². The fourth-order valence-corrected chi connectivity index (χ4v) is 3.46. The molecule has 2 rings (SSSR count). The normalized spacial score (nSPS) is 14.8. The van der Waals surface area contributed by atoms with Gasteiger partial charge in [0.1, 0.15) is 5.75 Å². The highest BCUT2D eigenvalue weighted by Crippen LogP contribution is 2.27. The summed E-state index contributed by atoms with van der Waals surface area (Å²) in [4.78, 5) is 14.2. The zero-order valence-corrected chi connectivity index (χ0v) is 15.7. The second-order valence-electron chi connectivity index (χ2n) is 6.83. The molecule has 0 spiro atoms. The molecular formula is C20H33N3O2. The fourth-order valence-electron chi connectivity index (χ4n) is 3.46. The third-order valence-electron chi connectivity index (χ3n) is 5.09. The van der Waals surface area contributed by atoms with Gasteiger partial charge in [-0.1, -0.05) is 26.7 Å². The summed E-state index contributed by atoms with van der Waals surface area (Å²) in [7, 11) is 0. The molecule has 1 fully saturated rings. The van der Waals surface area contributed by atoms with Crippen LogP contribution >= 0.6 is 0 Å². The molecule has 1 saturated carbocycles. The van der Waals surface area contributed by atoms with E-state index in [1.54, 1.807) is 6.07 Å². The van der Waals surface area contributed by atoms with Crippen molar-refractivity contribution in [2.45, 2.75) is 46.0 Å². The summed E-state index contributed by atoms with van der Waals surface area (Å²) < 4.78 is 5.81. The lowest BCUT2D eigenvalue weighted by Crippen LogP contribution is -2.25. The van der Waals surface area contributed by atoms with E-state index in [0.29, 0.717) is 23.8 Å². The minimum atomic E-state index is -0.414. The first kappa shape index (κ1) is 19.6. The van der Waals surface area contributed by atoms with Crippen molar-refractivity contribution in [1.82, 2.24) is 4.90 Å². The van der Waals surface area contributed by atoms with Gasteiger partial charge in [-0.15, -0.1) is 0 Å². The number of nitrogens with one attached hydrogen (secondary N) is 1. The van der Waals surface area contributed by atoms with E-state index in [0.717, 1.165) is 38.3 Å². The Morgan fingerprint density at radius 2 is 2.00 bits per heavy atom. The maximum atomic E-state index is 11.8.